The highest BCUT2D eigenvalue weighted by molar-refractivity contribution is 5.86. The van der Waals surface area contributed by atoms with Gasteiger partial charge in [-0.15, -0.1) is 0 Å². The van der Waals surface area contributed by atoms with Crippen molar-refractivity contribution in [2.75, 3.05) is 25.1 Å². The van der Waals surface area contributed by atoms with Gasteiger partial charge in [-0.05, 0) is 95.7 Å². The van der Waals surface area contributed by atoms with Crippen LogP contribution in [-0.2, 0) is 19.7 Å². The number of carbonyl (C=O) groups excluding carboxylic acids is 3. The second kappa shape index (κ2) is 18.9. The van der Waals surface area contributed by atoms with Crippen LogP contribution in [0.1, 0.15) is 139 Å². The van der Waals surface area contributed by atoms with Gasteiger partial charge in [-0.2, -0.15) is 0 Å². The molecular formula is C52H67N9O4. The average molecular weight is 882 g/mol. The molecular weight excluding hydrogens is 815 g/mol. The smallest absolute Gasteiger partial charge is 0.407 e. The number of benzene rings is 3. The van der Waals surface area contributed by atoms with Crippen LogP contribution in [0.3, 0.4) is 0 Å². The summed E-state index contributed by atoms with van der Waals surface area (Å²) in [6, 6.07) is 25.6. The largest absolute Gasteiger partial charge is 0.453 e. The SMILES string of the molecule is COC(=O)N[C@H](C(=O)N1CCC[C@H]1c1ncc(-c2ccc([C@H]3CC[C@H](c4ccc(-c5cnc([C@@H]6CCCN6C(=O)[C@@H](N)C(C)C)[nH]5)cc4)N3c3ccc(C(C)(C)C)cc3)cc2)[nH]1)C(C)C. The number of nitrogens with one attached hydrogen (secondary N) is 3. The molecule has 3 aromatic carbocycles. The number of amides is 3. The minimum atomic E-state index is -0.686. The number of alkyl carbamates (subject to hydrolysis) is 1. The molecule has 3 aliphatic rings. The number of nitrogens with two attached hydrogens (primary N) is 1. The van der Waals surface area contributed by atoms with Crippen LogP contribution in [0.2, 0.25) is 0 Å². The van der Waals surface area contributed by atoms with Crippen LogP contribution in [0.5, 0.6) is 0 Å². The lowest BCUT2D eigenvalue weighted by Gasteiger charge is -2.34. The Morgan fingerprint density at radius 2 is 1.15 bits per heavy atom. The van der Waals surface area contributed by atoms with Gasteiger partial charge in [-0.3, -0.25) is 9.59 Å². The molecule has 3 saturated heterocycles. The van der Waals surface area contributed by atoms with Crippen LogP contribution >= 0.6 is 0 Å². The highest BCUT2D eigenvalue weighted by atomic mass is 16.5. The molecule has 0 spiro atoms. The van der Waals surface area contributed by atoms with Gasteiger partial charge in [-0.25, -0.2) is 14.8 Å². The molecule has 344 valence electrons. The summed E-state index contributed by atoms with van der Waals surface area (Å²) in [5, 5.41) is 2.73. The summed E-state index contributed by atoms with van der Waals surface area (Å²) in [7, 11) is 1.31. The molecule has 65 heavy (non-hydrogen) atoms. The molecule has 6 atom stereocenters. The number of nitrogens with zero attached hydrogens (tertiary/aromatic N) is 5. The molecule has 3 fully saturated rings. The molecule has 5 heterocycles. The Bertz CT molecular complexity index is 2430. The van der Waals surface area contributed by atoms with Crippen molar-refractivity contribution in [1.82, 2.24) is 35.1 Å². The van der Waals surface area contributed by atoms with Crippen LogP contribution < -0.4 is 16.0 Å². The molecule has 0 saturated carbocycles. The number of methoxy groups -OCH3 is 1. The van der Waals surface area contributed by atoms with E-state index >= 15 is 0 Å². The molecule has 13 heteroatoms. The fourth-order valence-corrected chi connectivity index (χ4v) is 10.0. The van der Waals surface area contributed by atoms with Crippen molar-refractivity contribution in [1.29, 1.82) is 0 Å². The fraction of sp³-hybridized carbons (Fsp3) is 0.481. The summed E-state index contributed by atoms with van der Waals surface area (Å²) in [5.41, 5.74) is 15.2. The molecule has 3 amide bonds. The van der Waals surface area contributed by atoms with E-state index in [1.165, 1.54) is 29.5 Å². The van der Waals surface area contributed by atoms with Gasteiger partial charge in [0.25, 0.3) is 0 Å². The number of ether oxygens (including phenoxy) is 1. The Hall–Kier alpha value is -5.95. The van der Waals surface area contributed by atoms with Gasteiger partial charge in [0.15, 0.2) is 0 Å². The zero-order valence-electron chi connectivity index (χ0n) is 39.3. The van der Waals surface area contributed by atoms with E-state index in [2.05, 4.69) is 114 Å². The van der Waals surface area contributed by atoms with Crippen molar-refractivity contribution >= 4 is 23.6 Å². The Morgan fingerprint density at radius 1 is 0.677 bits per heavy atom. The molecule has 0 unspecified atom stereocenters. The summed E-state index contributed by atoms with van der Waals surface area (Å²) < 4.78 is 4.81. The molecule has 2 aromatic heterocycles. The first-order valence-corrected chi connectivity index (χ1v) is 23.5. The molecule has 5 N–H and O–H groups in total. The molecule has 3 aliphatic heterocycles. The number of hydrogen-bond donors (Lipinski definition) is 4. The maximum atomic E-state index is 13.7. The van der Waals surface area contributed by atoms with Crippen LogP contribution in [0.4, 0.5) is 10.5 Å². The number of H-pyrrole nitrogens is 2. The normalized spacial score (nSPS) is 21.1. The fourth-order valence-electron chi connectivity index (χ4n) is 10.0. The summed E-state index contributed by atoms with van der Waals surface area (Å²) in [5.74, 6) is 1.40. The third-order valence-electron chi connectivity index (χ3n) is 13.9. The van der Waals surface area contributed by atoms with E-state index in [0.717, 1.165) is 72.7 Å². The van der Waals surface area contributed by atoms with E-state index in [1.807, 2.05) is 49.9 Å². The van der Waals surface area contributed by atoms with E-state index in [9.17, 15) is 14.4 Å². The van der Waals surface area contributed by atoms with E-state index in [1.54, 1.807) is 0 Å². The van der Waals surface area contributed by atoms with Crippen LogP contribution in [0.25, 0.3) is 22.5 Å². The topological polar surface area (TPSA) is 166 Å². The number of rotatable bonds is 12. The number of aromatic amines is 2. The number of anilines is 1. The van der Waals surface area contributed by atoms with Gasteiger partial charge in [0.1, 0.15) is 17.7 Å². The van der Waals surface area contributed by atoms with E-state index < -0.39 is 18.2 Å². The quantitative estimate of drug-likeness (QED) is 0.0962. The van der Waals surface area contributed by atoms with E-state index in [0.29, 0.717) is 13.1 Å². The van der Waals surface area contributed by atoms with E-state index in [4.69, 9.17) is 20.4 Å². The predicted molar refractivity (Wildman–Crippen MR) is 255 cm³/mol. The van der Waals surface area contributed by atoms with Crippen molar-refractivity contribution in [3.63, 3.8) is 0 Å². The molecule has 0 radical (unpaired) electrons. The number of hydrogen-bond acceptors (Lipinski definition) is 8. The standard InChI is InChI=1S/C52H67N9O4/c1-31(2)45(53)49(62)59-27-9-11-43(59)47-54-29-39(56-47)33-13-17-35(18-14-33)41-25-26-42(61(41)38-23-21-37(22-24-38)52(5,6)7)36-19-15-34(16-20-36)40-30-55-48(57-40)44-12-10-28-60(44)50(63)46(32(3)4)58-51(64)65-8/h13-24,29-32,41-46H,9-12,25-28,53H2,1-8H3,(H,54,56)(H,55,57)(H,58,64)/t41-,42-,43+,44+,45+,46+/m1/s1. The first-order valence-electron chi connectivity index (χ1n) is 23.5. The zero-order chi connectivity index (χ0) is 46.2. The summed E-state index contributed by atoms with van der Waals surface area (Å²) in [6.45, 7) is 15.9. The summed E-state index contributed by atoms with van der Waals surface area (Å²) in [4.78, 5) is 62.0. The maximum Gasteiger partial charge on any atom is 0.407 e. The highest BCUT2D eigenvalue weighted by Crippen LogP contribution is 2.48. The molecule has 8 rings (SSSR count). The first kappa shape index (κ1) is 45.6. The third kappa shape index (κ3) is 9.43. The van der Waals surface area contributed by atoms with Crippen molar-refractivity contribution in [2.24, 2.45) is 17.6 Å². The highest BCUT2D eigenvalue weighted by Gasteiger charge is 2.39. The van der Waals surface area contributed by atoms with Gasteiger partial charge < -0.3 is 40.5 Å². The Morgan fingerprint density at radius 3 is 1.58 bits per heavy atom. The minimum Gasteiger partial charge on any atom is -0.453 e. The van der Waals surface area contributed by atoms with Crippen molar-refractivity contribution in [3.8, 4) is 22.5 Å². The van der Waals surface area contributed by atoms with Crippen LogP contribution in [0.15, 0.2) is 85.2 Å². The number of aromatic nitrogens is 4. The summed E-state index contributed by atoms with van der Waals surface area (Å²) in [6.07, 6.45) is 8.57. The van der Waals surface area contributed by atoms with Crippen LogP contribution in [-0.4, -0.2) is 79.9 Å². The van der Waals surface area contributed by atoms with Crippen molar-refractivity contribution in [3.05, 3.63) is 114 Å². The minimum absolute atomic E-state index is 0.00401. The van der Waals surface area contributed by atoms with Crippen molar-refractivity contribution < 1.29 is 19.1 Å². The molecule has 13 nitrogen and oxygen atoms in total. The first-order chi connectivity index (χ1) is 31.1. The lowest BCUT2D eigenvalue weighted by Crippen LogP contribution is -2.51. The molecule has 0 bridgehead atoms. The number of likely N-dealkylation sites (tertiary alicyclic amines) is 2. The van der Waals surface area contributed by atoms with Gasteiger partial charge >= 0.3 is 6.09 Å². The second-order valence-corrected chi connectivity index (χ2v) is 19.9. The lowest BCUT2D eigenvalue weighted by atomic mass is 9.87. The summed E-state index contributed by atoms with van der Waals surface area (Å²) >= 11 is 0. The molecule has 5 aromatic rings. The predicted octanol–water partition coefficient (Wildman–Crippen LogP) is 9.54. The number of carbonyl (C=O) groups is 3. The maximum absolute atomic E-state index is 13.7. The third-order valence-corrected chi connectivity index (χ3v) is 13.9. The Kier molecular flexibility index (Phi) is 13.2. The monoisotopic (exact) mass is 882 g/mol. The lowest BCUT2D eigenvalue weighted by molar-refractivity contribution is -0.136. The average Bonchev–Trinajstić information content (AvgIpc) is 4.16. The van der Waals surface area contributed by atoms with Crippen LogP contribution in [0, 0.1) is 11.8 Å². The Balaban J connectivity index is 1.01. The van der Waals surface area contributed by atoms with Gasteiger partial charge in [0.2, 0.25) is 11.8 Å². The van der Waals surface area contributed by atoms with Gasteiger partial charge in [0.05, 0.1) is 61.1 Å². The van der Waals surface area contributed by atoms with Crippen molar-refractivity contribution in [2.45, 2.75) is 129 Å². The zero-order valence-corrected chi connectivity index (χ0v) is 39.3. The van der Waals surface area contributed by atoms with E-state index in [-0.39, 0.29) is 53.2 Å². The number of imidazole rings is 2. The Labute approximate surface area is 383 Å². The molecule has 0 aliphatic carbocycles. The second-order valence-electron chi connectivity index (χ2n) is 19.9. The van der Waals surface area contributed by atoms with Gasteiger partial charge in [-0.1, -0.05) is 109 Å². The van der Waals surface area contributed by atoms with Gasteiger partial charge in [0, 0.05) is 18.8 Å².